The summed E-state index contributed by atoms with van der Waals surface area (Å²) in [7, 11) is 0. The average molecular weight is 355 g/mol. The van der Waals surface area contributed by atoms with E-state index < -0.39 is 0 Å². The van der Waals surface area contributed by atoms with Gasteiger partial charge in [0, 0.05) is 37.1 Å². The fourth-order valence-corrected chi connectivity index (χ4v) is 3.97. The van der Waals surface area contributed by atoms with Crippen LogP contribution in [0.25, 0.3) is 11.4 Å². The molecule has 2 aromatic rings. The first-order valence-corrected chi connectivity index (χ1v) is 9.50. The van der Waals surface area contributed by atoms with Gasteiger partial charge in [-0.3, -0.25) is 4.98 Å². The summed E-state index contributed by atoms with van der Waals surface area (Å²) in [6, 6.07) is 4.12. The Hall–Kier alpha value is -2.44. The lowest BCUT2D eigenvalue weighted by Crippen LogP contribution is -2.44. The minimum atomic E-state index is 0.0400. The summed E-state index contributed by atoms with van der Waals surface area (Å²) in [5.74, 6) is 1.51. The number of pyridine rings is 1. The lowest BCUT2D eigenvalue weighted by atomic mass is 9.96. The van der Waals surface area contributed by atoms with Gasteiger partial charge in [-0.05, 0) is 30.9 Å². The van der Waals surface area contributed by atoms with Crippen LogP contribution in [0.15, 0.2) is 29.0 Å². The first kappa shape index (κ1) is 17.0. The van der Waals surface area contributed by atoms with Crippen LogP contribution in [-0.4, -0.2) is 45.2 Å². The number of hydrogen-bond acceptors (Lipinski definition) is 5. The van der Waals surface area contributed by atoms with Crippen LogP contribution in [-0.2, 0) is 0 Å². The Bertz CT molecular complexity index is 741. The Morgan fingerprint density at radius 2 is 2.12 bits per heavy atom. The summed E-state index contributed by atoms with van der Waals surface area (Å²) in [5.41, 5.74) is 0.833. The molecule has 0 aromatic carbocycles. The second-order valence-electron chi connectivity index (χ2n) is 7.47. The van der Waals surface area contributed by atoms with Gasteiger partial charge in [0.1, 0.15) is 0 Å². The Labute approximate surface area is 153 Å². The number of nitrogens with zero attached hydrogens (tertiary/aromatic N) is 4. The minimum absolute atomic E-state index is 0.0400. The van der Waals surface area contributed by atoms with Gasteiger partial charge in [0.25, 0.3) is 0 Å². The maximum atomic E-state index is 12.6. The fourth-order valence-electron chi connectivity index (χ4n) is 3.97. The summed E-state index contributed by atoms with van der Waals surface area (Å²) in [5, 5.41) is 7.28. The molecule has 4 rings (SSSR count). The van der Waals surface area contributed by atoms with Crippen molar-refractivity contribution in [3.05, 3.63) is 30.4 Å². The van der Waals surface area contributed by atoms with E-state index in [1.165, 1.54) is 19.3 Å². The van der Waals surface area contributed by atoms with E-state index >= 15 is 0 Å². The number of aromatic nitrogens is 3. The van der Waals surface area contributed by atoms with Gasteiger partial charge in [-0.2, -0.15) is 4.98 Å². The predicted molar refractivity (Wildman–Crippen MR) is 96.4 cm³/mol. The third-order valence-electron chi connectivity index (χ3n) is 5.51. The third kappa shape index (κ3) is 3.57. The van der Waals surface area contributed by atoms with Crippen molar-refractivity contribution in [2.45, 2.75) is 51.0 Å². The molecule has 1 saturated carbocycles. The smallest absolute Gasteiger partial charge is 0.317 e. The molecule has 0 bridgehead atoms. The van der Waals surface area contributed by atoms with Gasteiger partial charge in [0.05, 0.1) is 5.92 Å². The highest BCUT2D eigenvalue weighted by Crippen LogP contribution is 2.32. The molecule has 0 spiro atoms. The molecule has 2 atom stereocenters. The quantitative estimate of drug-likeness (QED) is 0.914. The monoisotopic (exact) mass is 355 g/mol. The van der Waals surface area contributed by atoms with Crippen LogP contribution < -0.4 is 5.32 Å². The van der Waals surface area contributed by atoms with Crippen LogP contribution in [0.4, 0.5) is 4.79 Å². The number of likely N-dealkylation sites (tertiary alicyclic amines) is 1. The molecule has 1 N–H and O–H groups in total. The van der Waals surface area contributed by atoms with Crippen LogP contribution >= 0.6 is 0 Å². The molecule has 2 amide bonds. The topological polar surface area (TPSA) is 84.2 Å². The highest BCUT2D eigenvalue weighted by molar-refractivity contribution is 5.75. The normalized spacial score (nSPS) is 24.0. The van der Waals surface area contributed by atoms with Crippen molar-refractivity contribution in [3.8, 4) is 11.4 Å². The summed E-state index contributed by atoms with van der Waals surface area (Å²) >= 11 is 0. The predicted octanol–water partition coefficient (Wildman–Crippen LogP) is 3.21. The first-order valence-electron chi connectivity index (χ1n) is 9.50. The zero-order valence-electron chi connectivity index (χ0n) is 15.1. The van der Waals surface area contributed by atoms with Crippen molar-refractivity contribution in [3.63, 3.8) is 0 Å². The fraction of sp³-hybridized carbons (Fsp3) is 0.579. The lowest BCUT2D eigenvalue weighted by Gasteiger charge is -2.26. The molecule has 138 valence electrons. The SMILES string of the molecule is C[C@H]1CN(C(=O)NC2CCCCC2)C[C@@H]1c1nc(-c2cccnc2)no1. The molecule has 1 aliphatic heterocycles. The Balaban J connectivity index is 1.41. The molecule has 0 radical (unpaired) electrons. The molecule has 2 aliphatic rings. The van der Waals surface area contributed by atoms with Gasteiger partial charge in [0.15, 0.2) is 0 Å². The largest absolute Gasteiger partial charge is 0.339 e. The molecular weight excluding hydrogens is 330 g/mol. The van der Waals surface area contributed by atoms with Crippen LogP contribution in [0.1, 0.15) is 50.8 Å². The molecule has 7 heteroatoms. The van der Waals surface area contributed by atoms with Gasteiger partial charge in [0.2, 0.25) is 11.7 Å². The van der Waals surface area contributed by atoms with Gasteiger partial charge < -0.3 is 14.7 Å². The molecule has 2 fully saturated rings. The third-order valence-corrected chi connectivity index (χ3v) is 5.51. The number of rotatable bonds is 3. The van der Waals surface area contributed by atoms with E-state index in [2.05, 4.69) is 27.4 Å². The van der Waals surface area contributed by atoms with E-state index in [4.69, 9.17) is 4.52 Å². The first-order chi connectivity index (χ1) is 12.7. The van der Waals surface area contributed by atoms with Crippen LogP contribution in [0.3, 0.4) is 0 Å². The van der Waals surface area contributed by atoms with Crippen molar-refractivity contribution < 1.29 is 9.32 Å². The molecule has 26 heavy (non-hydrogen) atoms. The molecule has 1 aliphatic carbocycles. The summed E-state index contributed by atoms with van der Waals surface area (Å²) in [6.45, 7) is 3.47. The zero-order chi connectivity index (χ0) is 17.9. The van der Waals surface area contributed by atoms with Gasteiger partial charge in [-0.15, -0.1) is 0 Å². The van der Waals surface area contributed by atoms with E-state index in [1.807, 2.05) is 17.0 Å². The van der Waals surface area contributed by atoms with Crippen LogP contribution in [0, 0.1) is 5.92 Å². The maximum Gasteiger partial charge on any atom is 0.317 e. The van der Waals surface area contributed by atoms with Gasteiger partial charge in [-0.25, -0.2) is 4.79 Å². The van der Waals surface area contributed by atoms with Crippen molar-refractivity contribution in [2.75, 3.05) is 13.1 Å². The lowest BCUT2D eigenvalue weighted by molar-refractivity contribution is 0.198. The summed E-state index contributed by atoms with van der Waals surface area (Å²) < 4.78 is 5.50. The molecule has 0 unspecified atom stereocenters. The van der Waals surface area contributed by atoms with Gasteiger partial charge >= 0.3 is 6.03 Å². The molecule has 2 aromatic heterocycles. The standard InChI is InChI=1S/C19H25N5O2/c1-13-11-24(19(25)21-15-7-3-2-4-8-15)12-16(13)18-22-17(23-26-18)14-6-5-9-20-10-14/h5-6,9-10,13,15-16H,2-4,7-8,11-12H2,1H3,(H,21,25)/t13-,16-/m0/s1. The molecule has 3 heterocycles. The molecule has 1 saturated heterocycles. The average Bonchev–Trinajstić information content (AvgIpc) is 3.30. The minimum Gasteiger partial charge on any atom is -0.339 e. The van der Waals surface area contributed by atoms with E-state index in [0.29, 0.717) is 30.8 Å². The molecule has 7 nitrogen and oxygen atoms in total. The number of hydrogen-bond donors (Lipinski definition) is 1. The van der Waals surface area contributed by atoms with E-state index in [9.17, 15) is 4.79 Å². The van der Waals surface area contributed by atoms with E-state index in [1.54, 1.807) is 12.4 Å². The number of carbonyl (C=O) groups is 1. The highest BCUT2D eigenvalue weighted by Gasteiger charge is 2.37. The second kappa shape index (κ2) is 7.43. The Morgan fingerprint density at radius 1 is 1.27 bits per heavy atom. The number of amides is 2. The number of nitrogens with one attached hydrogen (secondary N) is 1. The zero-order valence-corrected chi connectivity index (χ0v) is 15.1. The highest BCUT2D eigenvalue weighted by atomic mass is 16.5. The van der Waals surface area contributed by atoms with Crippen molar-refractivity contribution >= 4 is 6.03 Å². The van der Waals surface area contributed by atoms with Crippen molar-refractivity contribution in [2.24, 2.45) is 5.92 Å². The number of urea groups is 1. The van der Waals surface area contributed by atoms with E-state index in [-0.39, 0.29) is 17.9 Å². The van der Waals surface area contributed by atoms with E-state index in [0.717, 1.165) is 18.4 Å². The second-order valence-corrected chi connectivity index (χ2v) is 7.47. The summed E-state index contributed by atoms with van der Waals surface area (Å²) in [6.07, 6.45) is 9.33. The Morgan fingerprint density at radius 3 is 2.88 bits per heavy atom. The van der Waals surface area contributed by atoms with Crippen LogP contribution in [0.2, 0.25) is 0 Å². The number of carbonyl (C=O) groups excluding carboxylic acids is 1. The molecular formula is C19H25N5O2. The maximum absolute atomic E-state index is 12.6. The Kier molecular flexibility index (Phi) is 4.86. The van der Waals surface area contributed by atoms with Gasteiger partial charge in [-0.1, -0.05) is 31.3 Å². The van der Waals surface area contributed by atoms with Crippen molar-refractivity contribution in [1.82, 2.24) is 25.3 Å². The van der Waals surface area contributed by atoms with Crippen LogP contribution in [0.5, 0.6) is 0 Å². The van der Waals surface area contributed by atoms with Crippen molar-refractivity contribution in [1.29, 1.82) is 0 Å². The summed E-state index contributed by atoms with van der Waals surface area (Å²) in [4.78, 5) is 23.1.